The number of hydrogen-bond acceptors (Lipinski definition) is 12. The van der Waals surface area contributed by atoms with Crippen molar-refractivity contribution in [3.05, 3.63) is 112 Å². The van der Waals surface area contributed by atoms with Crippen LogP contribution in [-0.4, -0.2) is 83.1 Å². The van der Waals surface area contributed by atoms with Crippen LogP contribution in [0.3, 0.4) is 0 Å². The molecule has 0 unspecified atom stereocenters. The van der Waals surface area contributed by atoms with E-state index in [1.807, 2.05) is 0 Å². The third-order valence-electron chi connectivity index (χ3n) is 15.7. The number of carbonyl (C=O) groups excluding carboxylic acids is 1. The molecule has 17 heteroatoms. The SMILES string of the molecule is C=Cc1nc2[nH]cc(F)c2cc1Oc1cc(N2CCC3(CC2)CC(N2CCC[C@H]2c2ccccc2C(C)C)C3)ccc1C(=O)NS(=O)(=O)c1cc2c(c([N+](=O)[O-])c1)N[C@@H](C1CCC(C)(O)CC1)CO2. The molecule has 3 aromatic carbocycles. The number of anilines is 2. The average Bonchev–Trinajstić information content (AvgIpc) is 3.96. The van der Waals surface area contributed by atoms with Crippen molar-refractivity contribution < 1.29 is 37.1 Å². The van der Waals surface area contributed by atoms with Gasteiger partial charge in [-0.15, -0.1) is 0 Å². The summed E-state index contributed by atoms with van der Waals surface area (Å²) in [6.07, 6.45) is 11.8. The van der Waals surface area contributed by atoms with Crippen molar-refractivity contribution in [1.82, 2.24) is 19.6 Å². The van der Waals surface area contributed by atoms with Crippen LogP contribution in [0.25, 0.3) is 17.1 Å². The van der Waals surface area contributed by atoms with Crippen LogP contribution in [0.5, 0.6) is 17.2 Å². The highest BCUT2D eigenvalue weighted by Gasteiger charge is 2.50. The summed E-state index contributed by atoms with van der Waals surface area (Å²) in [6.45, 7) is 13.0. The molecule has 5 heterocycles. The number of nitrogens with zero attached hydrogens (tertiary/aromatic N) is 4. The van der Waals surface area contributed by atoms with E-state index in [1.54, 1.807) is 19.1 Å². The maximum absolute atomic E-state index is 14.9. The Hall–Kier alpha value is -6.04. The number of nitro groups is 1. The number of pyridine rings is 1. The number of aromatic amines is 1. The molecule has 4 N–H and O–H groups in total. The number of rotatable bonds is 12. The van der Waals surface area contributed by atoms with E-state index >= 15 is 0 Å². The number of H-pyrrole nitrogens is 1. The summed E-state index contributed by atoms with van der Waals surface area (Å²) in [5.41, 5.74) is 3.05. The zero-order valence-corrected chi connectivity index (χ0v) is 40.1. The van der Waals surface area contributed by atoms with Crippen molar-refractivity contribution in [3.8, 4) is 17.2 Å². The van der Waals surface area contributed by atoms with Gasteiger partial charge in [0.15, 0.2) is 17.2 Å². The third-order valence-corrected chi connectivity index (χ3v) is 17.0. The van der Waals surface area contributed by atoms with Gasteiger partial charge in [-0.25, -0.2) is 22.5 Å². The number of likely N-dealkylation sites (tertiary alicyclic amines) is 1. The highest BCUT2D eigenvalue weighted by atomic mass is 32.2. The van der Waals surface area contributed by atoms with Gasteiger partial charge in [0.25, 0.3) is 21.6 Å². The molecule has 5 aromatic rings. The number of halogens is 1. The quantitative estimate of drug-likeness (QED) is 0.0685. The van der Waals surface area contributed by atoms with Crippen LogP contribution in [0.4, 0.5) is 21.5 Å². The number of carbonyl (C=O) groups is 1. The van der Waals surface area contributed by atoms with Gasteiger partial charge in [-0.3, -0.25) is 19.8 Å². The minimum absolute atomic E-state index is 0.00892. The van der Waals surface area contributed by atoms with E-state index in [0.717, 1.165) is 57.1 Å². The molecule has 1 spiro atoms. The molecule has 1 amide bonds. The first-order valence-corrected chi connectivity index (χ1v) is 25.7. The normalized spacial score (nSPS) is 23.8. The van der Waals surface area contributed by atoms with Crippen LogP contribution >= 0.6 is 0 Å². The van der Waals surface area contributed by atoms with E-state index in [2.05, 4.69) is 74.5 Å². The molecular weight excluding hydrogens is 902 g/mol. The number of benzene rings is 3. The molecule has 2 aromatic heterocycles. The van der Waals surface area contributed by atoms with Gasteiger partial charge in [-0.1, -0.05) is 44.7 Å². The first kappa shape index (κ1) is 46.7. The van der Waals surface area contributed by atoms with Crippen molar-refractivity contribution in [2.24, 2.45) is 11.3 Å². The number of ether oxygens (including phenoxy) is 2. The van der Waals surface area contributed by atoms with E-state index in [1.165, 1.54) is 54.4 Å². The summed E-state index contributed by atoms with van der Waals surface area (Å²) in [5.74, 6) is -1.02. The minimum Gasteiger partial charge on any atom is -0.489 e. The summed E-state index contributed by atoms with van der Waals surface area (Å²) >= 11 is 0. The number of fused-ring (bicyclic) bond motifs is 2. The smallest absolute Gasteiger partial charge is 0.297 e. The number of piperidine rings is 1. The van der Waals surface area contributed by atoms with Gasteiger partial charge in [0.1, 0.15) is 29.5 Å². The molecule has 69 heavy (non-hydrogen) atoms. The summed E-state index contributed by atoms with van der Waals surface area (Å²) in [5, 5.41) is 26.3. The summed E-state index contributed by atoms with van der Waals surface area (Å²) in [7, 11) is -4.74. The molecule has 5 aliphatic rings. The fraction of sp³-hybridized carbons (Fsp3) is 0.462. The molecule has 4 fully saturated rings. The topological polar surface area (TPSA) is 192 Å². The summed E-state index contributed by atoms with van der Waals surface area (Å²) in [6, 6.07) is 18.1. The molecule has 2 saturated carbocycles. The van der Waals surface area contributed by atoms with E-state index in [4.69, 9.17) is 9.47 Å². The van der Waals surface area contributed by atoms with Gasteiger partial charge in [0.05, 0.1) is 32.4 Å². The average molecular weight is 962 g/mol. The van der Waals surface area contributed by atoms with Crippen molar-refractivity contribution >= 4 is 50.1 Å². The number of amides is 1. The molecule has 364 valence electrons. The predicted octanol–water partition coefficient (Wildman–Crippen LogP) is 9.99. The lowest BCUT2D eigenvalue weighted by atomic mass is 9.59. The van der Waals surface area contributed by atoms with Crippen LogP contribution in [0.15, 0.2) is 78.3 Å². The van der Waals surface area contributed by atoms with Crippen LogP contribution in [0, 0.1) is 27.3 Å². The lowest BCUT2D eigenvalue weighted by Crippen LogP contribution is -2.54. The number of nitrogens with one attached hydrogen (secondary N) is 3. The number of aliphatic hydroxyl groups is 1. The van der Waals surface area contributed by atoms with Gasteiger partial charge in [0.2, 0.25) is 0 Å². The molecule has 2 atom stereocenters. The Morgan fingerprint density at radius 1 is 1.06 bits per heavy atom. The zero-order chi connectivity index (χ0) is 48.4. The molecular formula is C52H60FN7O8S. The molecule has 0 radical (unpaired) electrons. The Balaban J connectivity index is 0.884. The highest BCUT2D eigenvalue weighted by molar-refractivity contribution is 7.90. The highest BCUT2D eigenvalue weighted by Crippen LogP contribution is 2.54. The Morgan fingerprint density at radius 2 is 1.81 bits per heavy atom. The molecule has 3 aliphatic heterocycles. The third kappa shape index (κ3) is 9.04. The van der Waals surface area contributed by atoms with Crippen molar-refractivity contribution in [2.45, 2.75) is 120 Å². The molecule has 2 saturated heterocycles. The molecule has 15 nitrogen and oxygen atoms in total. The molecule has 0 bridgehead atoms. The second kappa shape index (κ2) is 18.0. The van der Waals surface area contributed by atoms with E-state index in [-0.39, 0.29) is 69.2 Å². The Morgan fingerprint density at radius 3 is 2.54 bits per heavy atom. The maximum atomic E-state index is 14.9. The number of aromatic nitrogens is 2. The van der Waals surface area contributed by atoms with Crippen molar-refractivity contribution in [3.63, 3.8) is 0 Å². The van der Waals surface area contributed by atoms with Crippen LogP contribution in [0.1, 0.15) is 124 Å². The summed E-state index contributed by atoms with van der Waals surface area (Å²) < 4.78 is 57.5. The second-order valence-corrected chi connectivity index (χ2v) is 22.2. The van der Waals surface area contributed by atoms with Crippen LogP contribution < -0.4 is 24.4 Å². The number of sulfonamides is 1. The van der Waals surface area contributed by atoms with E-state index in [0.29, 0.717) is 43.7 Å². The largest absolute Gasteiger partial charge is 0.489 e. The van der Waals surface area contributed by atoms with E-state index in [9.17, 15) is 32.8 Å². The fourth-order valence-corrected chi connectivity index (χ4v) is 12.8. The lowest BCUT2D eigenvalue weighted by molar-refractivity contribution is -0.384. The first-order valence-electron chi connectivity index (χ1n) is 24.2. The maximum Gasteiger partial charge on any atom is 0.297 e. The summed E-state index contributed by atoms with van der Waals surface area (Å²) in [4.78, 5) is 37.7. The van der Waals surface area contributed by atoms with Crippen molar-refractivity contribution in [2.75, 3.05) is 36.5 Å². The van der Waals surface area contributed by atoms with Crippen LogP contribution in [-0.2, 0) is 10.0 Å². The Kier molecular flexibility index (Phi) is 12.2. The standard InChI is InChI=1S/C52H60FN7O8S/c1-5-41-46(26-39-40(53)29-54-49(39)56-41)68-45-23-33(58-21-18-52(19-22-58)27-34(28-52)59-20-8-11-43(59)37-10-7-6-9-36(37)31(2)3)12-13-38(45)50(61)57-69(65,66)35-24-44(60(63)64)48-47(25-35)67-30-42(55-48)32-14-16-51(4,62)17-15-32/h5-7,9-10,12-13,23-26,29,31-32,34,42-43,55,62H,1,8,11,14-22,27-28,30H2,2-4H3,(H,54,56)(H,57,61)/t32?,42-,43+,51?/m1/s1. The Labute approximate surface area is 401 Å². The van der Waals surface area contributed by atoms with Gasteiger partial charge < -0.3 is 29.8 Å². The molecule has 2 aliphatic carbocycles. The second-order valence-electron chi connectivity index (χ2n) is 20.5. The number of hydrogen-bond donors (Lipinski definition) is 4. The predicted molar refractivity (Wildman–Crippen MR) is 262 cm³/mol. The first-order chi connectivity index (χ1) is 33.0. The number of nitro benzene ring substituents is 1. The zero-order valence-electron chi connectivity index (χ0n) is 39.3. The fourth-order valence-electron chi connectivity index (χ4n) is 11.8. The lowest BCUT2D eigenvalue weighted by Gasteiger charge is -2.56. The van der Waals surface area contributed by atoms with Gasteiger partial charge >= 0.3 is 0 Å². The van der Waals surface area contributed by atoms with Crippen LogP contribution in [0.2, 0.25) is 0 Å². The van der Waals surface area contributed by atoms with Gasteiger partial charge in [0, 0.05) is 55.3 Å². The van der Waals surface area contributed by atoms with Crippen molar-refractivity contribution in [1.29, 1.82) is 0 Å². The Bertz CT molecular complexity index is 2930. The molecule has 10 rings (SSSR count). The minimum atomic E-state index is -4.74. The van der Waals surface area contributed by atoms with Gasteiger partial charge in [-0.05, 0) is 130 Å². The van der Waals surface area contributed by atoms with E-state index < -0.39 is 42.9 Å². The van der Waals surface area contributed by atoms with Gasteiger partial charge in [-0.2, -0.15) is 0 Å². The monoisotopic (exact) mass is 961 g/mol.